The number of halogens is 1. The molecule has 1 saturated heterocycles. The number of nitriles is 1. The highest BCUT2D eigenvalue weighted by molar-refractivity contribution is 5.95. The maximum atomic E-state index is 13.1. The number of nitrogens with zero attached hydrogens (tertiary/aromatic N) is 4. The Kier molecular flexibility index (Phi) is 6.03. The fourth-order valence-corrected chi connectivity index (χ4v) is 3.47. The molecule has 156 valence electrons. The fraction of sp³-hybridized carbons (Fsp3) is 0.217. The summed E-state index contributed by atoms with van der Waals surface area (Å²) < 4.78 is 13.1. The van der Waals surface area contributed by atoms with Gasteiger partial charge in [-0.25, -0.2) is 9.37 Å². The van der Waals surface area contributed by atoms with Gasteiger partial charge in [-0.3, -0.25) is 15.6 Å². The molecule has 2 aromatic carbocycles. The Labute approximate surface area is 179 Å². The molecule has 1 amide bonds. The molecule has 2 N–H and O–H groups in total. The van der Waals surface area contributed by atoms with E-state index in [0.29, 0.717) is 11.6 Å². The van der Waals surface area contributed by atoms with Crippen molar-refractivity contribution in [2.45, 2.75) is 19.3 Å². The smallest absolute Gasteiger partial charge is 0.269 e. The molecule has 1 aliphatic rings. The first-order valence-corrected chi connectivity index (χ1v) is 10.1. The number of hydrazine groups is 1. The van der Waals surface area contributed by atoms with Crippen LogP contribution >= 0.6 is 0 Å². The number of anilines is 2. The van der Waals surface area contributed by atoms with Gasteiger partial charge in [0, 0.05) is 24.2 Å². The van der Waals surface area contributed by atoms with Crippen molar-refractivity contribution in [2.24, 2.45) is 0 Å². The quantitative estimate of drug-likeness (QED) is 0.613. The molecule has 0 aliphatic carbocycles. The summed E-state index contributed by atoms with van der Waals surface area (Å²) >= 11 is 0. The molecule has 8 heteroatoms. The molecule has 1 aliphatic heterocycles. The second-order valence-electron chi connectivity index (χ2n) is 7.21. The van der Waals surface area contributed by atoms with Crippen LogP contribution in [0.25, 0.3) is 11.3 Å². The maximum Gasteiger partial charge on any atom is 0.269 e. The molecule has 0 saturated carbocycles. The van der Waals surface area contributed by atoms with E-state index in [2.05, 4.69) is 26.8 Å². The molecule has 7 nitrogen and oxygen atoms in total. The van der Waals surface area contributed by atoms with Gasteiger partial charge in [-0.1, -0.05) is 30.3 Å². The van der Waals surface area contributed by atoms with E-state index in [0.717, 1.165) is 37.9 Å². The number of hydrogen-bond acceptors (Lipinski definition) is 6. The Balaban J connectivity index is 1.68. The monoisotopic (exact) mass is 416 g/mol. The van der Waals surface area contributed by atoms with E-state index in [4.69, 9.17) is 4.98 Å². The van der Waals surface area contributed by atoms with Crippen molar-refractivity contribution < 1.29 is 9.18 Å². The van der Waals surface area contributed by atoms with Gasteiger partial charge in [0.05, 0.1) is 5.69 Å². The Morgan fingerprint density at radius 1 is 1.00 bits per heavy atom. The molecule has 0 spiro atoms. The highest BCUT2D eigenvalue weighted by atomic mass is 19.1. The van der Waals surface area contributed by atoms with E-state index >= 15 is 0 Å². The highest BCUT2D eigenvalue weighted by Crippen LogP contribution is 2.29. The minimum atomic E-state index is -0.469. The van der Waals surface area contributed by atoms with E-state index in [1.165, 1.54) is 24.3 Å². The Hall–Kier alpha value is -3.99. The lowest BCUT2D eigenvalue weighted by Gasteiger charge is -2.27. The normalized spacial score (nSPS) is 13.4. The molecule has 0 atom stereocenters. The molecular weight excluding hydrogens is 395 g/mol. The summed E-state index contributed by atoms with van der Waals surface area (Å²) in [4.78, 5) is 23.8. The number of carbonyl (C=O) groups excluding carboxylic acids is 1. The van der Waals surface area contributed by atoms with Crippen molar-refractivity contribution in [1.82, 2.24) is 15.4 Å². The van der Waals surface area contributed by atoms with Crippen LogP contribution in [-0.2, 0) is 0 Å². The summed E-state index contributed by atoms with van der Waals surface area (Å²) in [5.74, 6) is -0.169. The van der Waals surface area contributed by atoms with Crippen LogP contribution in [0.3, 0.4) is 0 Å². The van der Waals surface area contributed by atoms with Crippen molar-refractivity contribution in [3.8, 4) is 17.3 Å². The average molecular weight is 416 g/mol. The minimum absolute atomic E-state index is 0.215. The van der Waals surface area contributed by atoms with Crippen LogP contribution < -0.4 is 15.8 Å². The molecule has 31 heavy (non-hydrogen) atoms. The summed E-state index contributed by atoms with van der Waals surface area (Å²) in [6, 6.07) is 16.7. The Morgan fingerprint density at radius 3 is 2.39 bits per heavy atom. The SMILES string of the molecule is N#Cc1c(NNC(=O)c2ccc(F)cc2)nc(N2CCCCC2)nc1-c1ccccc1. The fourth-order valence-electron chi connectivity index (χ4n) is 3.47. The van der Waals surface area contributed by atoms with Gasteiger partial charge in [0.1, 0.15) is 17.4 Å². The average Bonchev–Trinajstić information content (AvgIpc) is 2.83. The van der Waals surface area contributed by atoms with Crippen molar-refractivity contribution in [3.63, 3.8) is 0 Å². The van der Waals surface area contributed by atoms with Crippen molar-refractivity contribution in [2.75, 3.05) is 23.4 Å². The third-order valence-electron chi connectivity index (χ3n) is 5.10. The zero-order valence-corrected chi connectivity index (χ0v) is 16.8. The number of piperidine rings is 1. The third-order valence-corrected chi connectivity index (χ3v) is 5.10. The molecule has 0 radical (unpaired) electrons. The van der Waals surface area contributed by atoms with Crippen LogP contribution in [0.1, 0.15) is 35.2 Å². The number of carbonyl (C=O) groups is 1. The van der Waals surface area contributed by atoms with Crippen LogP contribution in [0.4, 0.5) is 16.2 Å². The first-order chi connectivity index (χ1) is 15.2. The van der Waals surface area contributed by atoms with Gasteiger partial charge in [0.15, 0.2) is 5.82 Å². The summed E-state index contributed by atoms with van der Waals surface area (Å²) in [7, 11) is 0. The summed E-state index contributed by atoms with van der Waals surface area (Å²) in [6.45, 7) is 1.67. The highest BCUT2D eigenvalue weighted by Gasteiger charge is 2.21. The maximum absolute atomic E-state index is 13.1. The zero-order chi connectivity index (χ0) is 21.6. The van der Waals surface area contributed by atoms with Crippen LogP contribution in [-0.4, -0.2) is 29.0 Å². The summed E-state index contributed by atoms with van der Waals surface area (Å²) in [5, 5.41) is 9.84. The minimum Gasteiger partial charge on any atom is -0.341 e. The lowest BCUT2D eigenvalue weighted by Crippen LogP contribution is -2.33. The Morgan fingerprint density at radius 2 is 1.71 bits per heavy atom. The van der Waals surface area contributed by atoms with Gasteiger partial charge in [0.2, 0.25) is 5.95 Å². The number of nitrogens with one attached hydrogen (secondary N) is 2. The lowest BCUT2D eigenvalue weighted by molar-refractivity contribution is 0.0962. The van der Waals surface area contributed by atoms with E-state index in [1.807, 2.05) is 30.3 Å². The molecule has 4 rings (SSSR count). The van der Waals surface area contributed by atoms with Gasteiger partial charge >= 0.3 is 0 Å². The Bertz CT molecular complexity index is 1110. The molecule has 2 heterocycles. The second-order valence-corrected chi connectivity index (χ2v) is 7.21. The number of aromatic nitrogens is 2. The summed E-state index contributed by atoms with van der Waals surface area (Å²) in [5.41, 5.74) is 7.11. The van der Waals surface area contributed by atoms with Gasteiger partial charge in [0.25, 0.3) is 5.91 Å². The first-order valence-electron chi connectivity index (χ1n) is 10.1. The van der Waals surface area contributed by atoms with E-state index in [-0.39, 0.29) is 16.9 Å². The molecule has 1 fully saturated rings. The van der Waals surface area contributed by atoms with Crippen LogP contribution in [0.15, 0.2) is 54.6 Å². The van der Waals surface area contributed by atoms with Crippen molar-refractivity contribution in [3.05, 3.63) is 71.5 Å². The number of amides is 1. The molecule has 1 aromatic heterocycles. The van der Waals surface area contributed by atoms with Crippen LogP contribution in [0, 0.1) is 17.1 Å². The molecular formula is C23H21FN6O. The van der Waals surface area contributed by atoms with Crippen LogP contribution in [0.2, 0.25) is 0 Å². The molecule has 0 unspecified atom stereocenters. The topological polar surface area (TPSA) is 93.9 Å². The summed E-state index contributed by atoms with van der Waals surface area (Å²) in [6.07, 6.45) is 3.26. The predicted molar refractivity (Wildman–Crippen MR) is 116 cm³/mol. The van der Waals surface area contributed by atoms with Gasteiger partial charge < -0.3 is 4.90 Å². The van der Waals surface area contributed by atoms with Gasteiger partial charge in [-0.15, -0.1) is 0 Å². The number of rotatable bonds is 5. The first kappa shape index (κ1) is 20.3. The zero-order valence-electron chi connectivity index (χ0n) is 16.8. The second kappa shape index (κ2) is 9.22. The standard InChI is InChI=1S/C23H21FN6O/c24-18-11-9-17(10-12-18)22(31)29-28-21-19(15-25)20(16-7-3-1-4-8-16)26-23(27-21)30-13-5-2-6-14-30/h1,3-4,7-12H,2,5-6,13-14H2,(H,29,31)(H,26,27,28). The number of hydrogen-bond donors (Lipinski definition) is 2. The predicted octanol–water partition coefficient (Wildman–Crippen LogP) is 3.90. The lowest BCUT2D eigenvalue weighted by atomic mass is 10.1. The third kappa shape index (κ3) is 4.61. The van der Waals surface area contributed by atoms with E-state index < -0.39 is 11.7 Å². The van der Waals surface area contributed by atoms with Crippen molar-refractivity contribution >= 4 is 17.7 Å². The number of benzene rings is 2. The van der Waals surface area contributed by atoms with Crippen LogP contribution in [0.5, 0.6) is 0 Å². The van der Waals surface area contributed by atoms with E-state index in [9.17, 15) is 14.4 Å². The van der Waals surface area contributed by atoms with Gasteiger partial charge in [-0.05, 0) is 43.5 Å². The van der Waals surface area contributed by atoms with Gasteiger partial charge in [-0.2, -0.15) is 10.2 Å². The van der Waals surface area contributed by atoms with Crippen molar-refractivity contribution in [1.29, 1.82) is 5.26 Å². The largest absolute Gasteiger partial charge is 0.341 e. The molecule has 0 bridgehead atoms. The van der Waals surface area contributed by atoms with E-state index in [1.54, 1.807) is 0 Å². The molecule has 3 aromatic rings.